The Balaban J connectivity index is 1.14. The van der Waals surface area contributed by atoms with Gasteiger partial charge >= 0.3 is 0 Å². The van der Waals surface area contributed by atoms with Gasteiger partial charge in [0, 0.05) is 29.7 Å². The van der Waals surface area contributed by atoms with Gasteiger partial charge in [-0.1, -0.05) is 18.2 Å². The van der Waals surface area contributed by atoms with Crippen LogP contribution in [0.2, 0.25) is 0 Å². The lowest BCUT2D eigenvalue weighted by Crippen LogP contribution is -2.33. The maximum absolute atomic E-state index is 12.9. The summed E-state index contributed by atoms with van der Waals surface area (Å²) in [4.78, 5) is 23.4. The lowest BCUT2D eigenvalue weighted by Gasteiger charge is -2.32. The molecule has 0 aliphatic carbocycles. The molecule has 2 aromatic carbocycles. The van der Waals surface area contributed by atoms with Crippen molar-refractivity contribution in [1.82, 2.24) is 19.4 Å². The summed E-state index contributed by atoms with van der Waals surface area (Å²) in [5.74, 6) is 1.75. The van der Waals surface area contributed by atoms with Gasteiger partial charge in [0.05, 0.1) is 31.4 Å². The molecule has 34 heavy (non-hydrogen) atoms. The molecule has 178 valence electrons. The number of para-hydroxylation sites is 1. The molecule has 3 heterocycles. The average molecular weight is 461 g/mol. The number of nitrogens with zero attached hydrogens (tertiary/aromatic N) is 3. The third kappa shape index (κ3) is 4.40. The molecular weight excluding hydrogens is 428 g/mol. The van der Waals surface area contributed by atoms with E-state index in [1.54, 1.807) is 37.2 Å². The van der Waals surface area contributed by atoms with Crippen LogP contribution >= 0.6 is 0 Å². The van der Waals surface area contributed by atoms with Gasteiger partial charge in [0.1, 0.15) is 0 Å². The van der Waals surface area contributed by atoms with E-state index in [-0.39, 0.29) is 5.56 Å². The highest BCUT2D eigenvalue weighted by molar-refractivity contribution is 5.83. The third-order valence-electron chi connectivity index (χ3n) is 7.10. The van der Waals surface area contributed by atoms with E-state index in [0.717, 1.165) is 32.5 Å². The number of rotatable bonds is 8. The zero-order chi connectivity index (χ0) is 23.5. The quantitative estimate of drug-likeness (QED) is 0.391. The van der Waals surface area contributed by atoms with Gasteiger partial charge in [-0.3, -0.25) is 9.36 Å². The van der Waals surface area contributed by atoms with Gasteiger partial charge in [0.25, 0.3) is 5.56 Å². The summed E-state index contributed by atoms with van der Waals surface area (Å²) < 4.78 is 12.4. The van der Waals surface area contributed by atoms with Crippen LogP contribution in [0.4, 0.5) is 0 Å². The SMILES string of the molecule is COc1cc2ncn(CCCCN3CCC(c4c[nH]c5ccccc45)CC3)c(=O)c2cc1OC. The highest BCUT2D eigenvalue weighted by Crippen LogP contribution is 2.33. The van der Waals surface area contributed by atoms with E-state index < -0.39 is 0 Å². The molecule has 7 nitrogen and oxygen atoms in total. The van der Waals surface area contributed by atoms with Crippen LogP contribution in [0.5, 0.6) is 11.5 Å². The number of ether oxygens (including phenoxy) is 2. The Labute approximate surface area is 199 Å². The summed E-state index contributed by atoms with van der Waals surface area (Å²) in [6.07, 6.45) is 8.24. The van der Waals surface area contributed by atoms with Gasteiger partial charge in [0.2, 0.25) is 0 Å². The number of fused-ring (bicyclic) bond motifs is 2. The summed E-state index contributed by atoms with van der Waals surface area (Å²) in [6.45, 7) is 4.00. The van der Waals surface area contributed by atoms with E-state index in [9.17, 15) is 4.79 Å². The Hall–Kier alpha value is -3.32. The van der Waals surface area contributed by atoms with Crippen LogP contribution in [-0.2, 0) is 6.54 Å². The van der Waals surface area contributed by atoms with Gasteiger partial charge in [0.15, 0.2) is 11.5 Å². The number of unbranched alkanes of at least 4 members (excludes halogenated alkanes) is 1. The number of aromatic nitrogens is 3. The molecule has 1 fully saturated rings. The van der Waals surface area contributed by atoms with Gasteiger partial charge in [-0.05, 0) is 68.9 Å². The van der Waals surface area contributed by atoms with Crippen molar-refractivity contribution in [3.05, 3.63) is 64.8 Å². The minimum atomic E-state index is -0.0366. The van der Waals surface area contributed by atoms with Gasteiger partial charge in [-0.2, -0.15) is 0 Å². The fraction of sp³-hybridized carbons (Fsp3) is 0.407. The molecule has 0 amide bonds. The fourth-order valence-electron chi connectivity index (χ4n) is 5.16. The Bertz CT molecular complexity index is 1330. The smallest absolute Gasteiger partial charge is 0.261 e. The van der Waals surface area contributed by atoms with Crippen molar-refractivity contribution in [2.75, 3.05) is 33.9 Å². The molecule has 5 rings (SSSR count). The number of hydrogen-bond acceptors (Lipinski definition) is 5. The predicted molar refractivity (Wildman–Crippen MR) is 135 cm³/mol. The van der Waals surface area contributed by atoms with Crippen LogP contribution < -0.4 is 15.0 Å². The summed E-state index contributed by atoms with van der Waals surface area (Å²) in [5.41, 5.74) is 3.28. The topological polar surface area (TPSA) is 72.4 Å². The second kappa shape index (κ2) is 9.89. The molecule has 0 atom stereocenters. The molecule has 0 bridgehead atoms. The molecule has 0 radical (unpaired) electrons. The fourth-order valence-corrected chi connectivity index (χ4v) is 5.16. The van der Waals surface area contributed by atoms with E-state index >= 15 is 0 Å². The molecular formula is C27H32N4O3. The first-order chi connectivity index (χ1) is 16.7. The van der Waals surface area contributed by atoms with E-state index in [0.29, 0.717) is 34.9 Å². The molecule has 0 saturated carbocycles. The zero-order valence-corrected chi connectivity index (χ0v) is 19.9. The minimum Gasteiger partial charge on any atom is -0.493 e. The molecule has 1 aliphatic heterocycles. The predicted octanol–water partition coefficient (Wildman–Crippen LogP) is 4.55. The number of hydrogen-bond donors (Lipinski definition) is 1. The first-order valence-electron chi connectivity index (χ1n) is 12.1. The Morgan fingerprint density at radius 1 is 1.00 bits per heavy atom. The minimum absolute atomic E-state index is 0.0366. The lowest BCUT2D eigenvalue weighted by molar-refractivity contribution is 0.208. The number of likely N-dealkylation sites (tertiary alicyclic amines) is 1. The number of H-pyrrole nitrogens is 1. The standard InChI is InChI=1S/C27H32N4O3/c1-33-25-15-21-24(16-26(25)34-2)29-18-31(27(21)32)12-6-5-11-30-13-9-19(10-14-30)22-17-28-23-8-4-3-7-20(22)23/h3-4,7-8,15-19,28H,5-6,9-14H2,1-2H3. The number of benzene rings is 2. The molecule has 7 heteroatoms. The van der Waals surface area contributed by atoms with E-state index in [1.165, 1.54) is 29.3 Å². The number of aromatic amines is 1. The molecule has 1 saturated heterocycles. The first kappa shape index (κ1) is 22.5. The van der Waals surface area contributed by atoms with Crippen molar-refractivity contribution < 1.29 is 9.47 Å². The largest absolute Gasteiger partial charge is 0.493 e. The van der Waals surface area contributed by atoms with Gasteiger partial charge in [-0.15, -0.1) is 0 Å². The van der Waals surface area contributed by atoms with Crippen LogP contribution in [0.25, 0.3) is 21.8 Å². The monoisotopic (exact) mass is 460 g/mol. The summed E-state index contributed by atoms with van der Waals surface area (Å²) in [5, 5.41) is 1.92. The molecule has 0 spiro atoms. The molecule has 4 aromatic rings. The summed E-state index contributed by atoms with van der Waals surface area (Å²) >= 11 is 0. The van der Waals surface area contributed by atoms with Crippen LogP contribution in [0.15, 0.2) is 53.7 Å². The second-order valence-corrected chi connectivity index (χ2v) is 9.08. The van der Waals surface area contributed by atoms with Crippen LogP contribution in [0, 0.1) is 0 Å². The zero-order valence-electron chi connectivity index (χ0n) is 19.9. The van der Waals surface area contributed by atoms with Crippen molar-refractivity contribution in [2.45, 2.75) is 38.1 Å². The van der Waals surface area contributed by atoms with E-state index in [4.69, 9.17) is 9.47 Å². The van der Waals surface area contributed by atoms with Crippen LogP contribution in [-0.4, -0.2) is 53.3 Å². The Kier molecular flexibility index (Phi) is 6.54. The van der Waals surface area contributed by atoms with Crippen molar-refractivity contribution >= 4 is 21.8 Å². The summed E-state index contributed by atoms with van der Waals surface area (Å²) in [6, 6.07) is 12.1. The van der Waals surface area contributed by atoms with Gasteiger partial charge < -0.3 is 19.4 Å². The molecule has 0 unspecified atom stereocenters. The number of piperidine rings is 1. The average Bonchev–Trinajstić information content (AvgIpc) is 3.31. The van der Waals surface area contributed by atoms with E-state index in [1.807, 2.05) is 0 Å². The number of aryl methyl sites for hydroxylation is 1. The van der Waals surface area contributed by atoms with Gasteiger partial charge in [-0.25, -0.2) is 4.98 Å². The van der Waals surface area contributed by atoms with Crippen LogP contribution in [0.1, 0.15) is 37.2 Å². The molecule has 1 aliphatic rings. The molecule has 1 N–H and O–H groups in total. The molecule has 2 aromatic heterocycles. The maximum Gasteiger partial charge on any atom is 0.261 e. The van der Waals surface area contributed by atoms with E-state index in [2.05, 4.69) is 45.3 Å². The van der Waals surface area contributed by atoms with Crippen molar-refractivity contribution in [3.63, 3.8) is 0 Å². The highest BCUT2D eigenvalue weighted by atomic mass is 16.5. The maximum atomic E-state index is 12.9. The Morgan fingerprint density at radius 2 is 1.74 bits per heavy atom. The normalized spacial score (nSPS) is 15.2. The second-order valence-electron chi connectivity index (χ2n) is 9.08. The number of nitrogens with one attached hydrogen (secondary N) is 1. The summed E-state index contributed by atoms with van der Waals surface area (Å²) in [7, 11) is 3.15. The van der Waals surface area contributed by atoms with Crippen LogP contribution in [0.3, 0.4) is 0 Å². The Morgan fingerprint density at radius 3 is 2.53 bits per heavy atom. The third-order valence-corrected chi connectivity index (χ3v) is 7.10. The lowest BCUT2D eigenvalue weighted by atomic mass is 9.89. The highest BCUT2D eigenvalue weighted by Gasteiger charge is 2.22. The van der Waals surface area contributed by atoms with Crippen molar-refractivity contribution in [1.29, 1.82) is 0 Å². The van der Waals surface area contributed by atoms with Crippen molar-refractivity contribution in [3.8, 4) is 11.5 Å². The number of methoxy groups -OCH3 is 2. The van der Waals surface area contributed by atoms with Crippen molar-refractivity contribution in [2.24, 2.45) is 0 Å². The first-order valence-corrected chi connectivity index (χ1v) is 12.1.